The Hall–Kier alpha value is -1.55. The highest BCUT2D eigenvalue weighted by molar-refractivity contribution is 9.10. The molecule has 98 valence electrons. The Morgan fingerprint density at radius 1 is 1.21 bits per heavy atom. The van der Waals surface area contributed by atoms with Gasteiger partial charge < -0.3 is 9.13 Å². The van der Waals surface area contributed by atoms with Gasteiger partial charge in [0.25, 0.3) is 0 Å². The third kappa shape index (κ3) is 2.32. The van der Waals surface area contributed by atoms with Crippen molar-refractivity contribution in [3.8, 4) is 0 Å². The van der Waals surface area contributed by atoms with Crippen LogP contribution in [-0.4, -0.2) is 14.1 Å². The number of halogens is 1. The third-order valence-electron chi connectivity index (χ3n) is 3.36. The number of rotatable bonds is 4. The van der Waals surface area contributed by atoms with E-state index < -0.39 is 0 Å². The Bertz CT molecular complexity index is 696. The second-order valence-electron chi connectivity index (χ2n) is 4.69. The predicted octanol–water partition coefficient (Wildman–Crippen LogP) is 4.06. The van der Waals surface area contributed by atoms with Gasteiger partial charge >= 0.3 is 0 Å². The van der Waals surface area contributed by atoms with Crippen molar-refractivity contribution in [2.75, 3.05) is 0 Å². The van der Waals surface area contributed by atoms with Crippen molar-refractivity contribution in [3.05, 3.63) is 53.2 Å². The molecule has 3 aromatic rings. The van der Waals surface area contributed by atoms with Crippen molar-refractivity contribution in [2.24, 2.45) is 0 Å². The van der Waals surface area contributed by atoms with Gasteiger partial charge in [0.1, 0.15) is 0 Å². The molecule has 0 radical (unpaired) electrons. The van der Waals surface area contributed by atoms with Crippen LogP contribution in [0.4, 0.5) is 0 Å². The zero-order chi connectivity index (χ0) is 13.2. The van der Waals surface area contributed by atoms with Gasteiger partial charge in [-0.2, -0.15) is 0 Å². The fourth-order valence-electron chi connectivity index (χ4n) is 2.42. The maximum absolute atomic E-state index is 4.26. The molecule has 2 heterocycles. The first-order valence-electron chi connectivity index (χ1n) is 6.52. The van der Waals surface area contributed by atoms with Gasteiger partial charge in [-0.3, -0.25) is 0 Å². The van der Waals surface area contributed by atoms with Crippen LogP contribution in [0.15, 0.2) is 47.5 Å². The van der Waals surface area contributed by atoms with E-state index in [9.17, 15) is 0 Å². The SMILES string of the molecule is CCCn1cncc1Cn1ccc2c(Br)cccc21. The van der Waals surface area contributed by atoms with Gasteiger partial charge in [-0.25, -0.2) is 4.98 Å². The smallest absolute Gasteiger partial charge is 0.0948 e. The number of nitrogens with zero attached hydrogens (tertiary/aromatic N) is 3. The molecule has 0 saturated heterocycles. The molecule has 0 bridgehead atoms. The Morgan fingerprint density at radius 2 is 2.11 bits per heavy atom. The highest BCUT2D eigenvalue weighted by atomic mass is 79.9. The lowest BCUT2D eigenvalue weighted by Crippen LogP contribution is -2.06. The van der Waals surface area contributed by atoms with Crippen molar-refractivity contribution < 1.29 is 0 Å². The summed E-state index contributed by atoms with van der Waals surface area (Å²) in [5.41, 5.74) is 2.50. The molecule has 0 saturated carbocycles. The maximum Gasteiger partial charge on any atom is 0.0948 e. The summed E-state index contributed by atoms with van der Waals surface area (Å²) in [6.07, 6.45) is 7.14. The van der Waals surface area contributed by atoms with Crippen LogP contribution in [0.25, 0.3) is 10.9 Å². The zero-order valence-corrected chi connectivity index (χ0v) is 12.5. The van der Waals surface area contributed by atoms with E-state index in [4.69, 9.17) is 0 Å². The van der Waals surface area contributed by atoms with Gasteiger partial charge in [0.15, 0.2) is 0 Å². The van der Waals surface area contributed by atoms with Crippen LogP contribution in [0.5, 0.6) is 0 Å². The van der Waals surface area contributed by atoms with E-state index in [1.165, 1.54) is 16.6 Å². The maximum atomic E-state index is 4.26. The summed E-state index contributed by atoms with van der Waals surface area (Å²) in [7, 11) is 0. The molecule has 3 rings (SSSR count). The van der Waals surface area contributed by atoms with Crippen molar-refractivity contribution in [2.45, 2.75) is 26.4 Å². The zero-order valence-electron chi connectivity index (χ0n) is 10.9. The lowest BCUT2D eigenvalue weighted by atomic mass is 10.2. The molecule has 0 fully saturated rings. The number of aryl methyl sites for hydroxylation is 1. The van der Waals surface area contributed by atoms with Crippen LogP contribution in [0.2, 0.25) is 0 Å². The van der Waals surface area contributed by atoms with E-state index in [2.05, 4.69) is 67.4 Å². The number of benzene rings is 1. The van der Waals surface area contributed by atoms with E-state index in [0.717, 1.165) is 24.0 Å². The van der Waals surface area contributed by atoms with E-state index >= 15 is 0 Å². The van der Waals surface area contributed by atoms with Crippen LogP contribution in [0.3, 0.4) is 0 Å². The molecule has 1 aromatic carbocycles. The van der Waals surface area contributed by atoms with Crippen LogP contribution in [0.1, 0.15) is 19.0 Å². The first-order valence-corrected chi connectivity index (χ1v) is 7.31. The van der Waals surface area contributed by atoms with Crippen LogP contribution in [-0.2, 0) is 13.1 Å². The largest absolute Gasteiger partial charge is 0.341 e. The molecule has 0 atom stereocenters. The number of imidazole rings is 1. The number of aromatic nitrogens is 3. The molecule has 19 heavy (non-hydrogen) atoms. The number of fused-ring (bicyclic) bond motifs is 1. The molecule has 4 heteroatoms. The van der Waals surface area contributed by atoms with Crippen LogP contribution >= 0.6 is 15.9 Å². The Labute approximate surface area is 121 Å². The predicted molar refractivity (Wildman–Crippen MR) is 81.3 cm³/mol. The van der Waals surface area contributed by atoms with Crippen molar-refractivity contribution in [1.82, 2.24) is 14.1 Å². The first-order chi connectivity index (χ1) is 9.29. The highest BCUT2D eigenvalue weighted by Crippen LogP contribution is 2.25. The summed E-state index contributed by atoms with van der Waals surface area (Å²) < 4.78 is 5.64. The first kappa shape index (κ1) is 12.5. The molecule has 0 amide bonds. The standard InChI is InChI=1S/C15H16BrN3/c1-2-7-19-11-17-9-12(19)10-18-8-6-13-14(16)4-3-5-15(13)18/h3-6,8-9,11H,2,7,10H2,1H3. The molecule has 0 aliphatic carbocycles. The van der Waals surface area contributed by atoms with Crippen LogP contribution in [0, 0.1) is 0 Å². The van der Waals surface area contributed by atoms with Gasteiger partial charge in [0.05, 0.1) is 18.6 Å². The monoisotopic (exact) mass is 317 g/mol. The number of hydrogen-bond acceptors (Lipinski definition) is 1. The molecular formula is C15H16BrN3. The summed E-state index contributed by atoms with van der Waals surface area (Å²) in [5.74, 6) is 0. The lowest BCUT2D eigenvalue weighted by Gasteiger charge is -2.09. The summed E-state index contributed by atoms with van der Waals surface area (Å²) in [6.45, 7) is 4.07. The molecule has 0 N–H and O–H groups in total. The summed E-state index contributed by atoms with van der Waals surface area (Å²) in [6, 6.07) is 8.46. The molecule has 3 nitrogen and oxygen atoms in total. The summed E-state index contributed by atoms with van der Waals surface area (Å²) in [5, 5.41) is 1.25. The summed E-state index contributed by atoms with van der Waals surface area (Å²) >= 11 is 3.60. The summed E-state index contributed by atoms with van der Waals surface area (Å²) in [4.78, 5) is 4.26. The van der Waals surface area contributed by atoms with Crippen molar-refractivity contribution in [1.29, 1.82) is 0 Å². The normalized spacial score (nSPS) is 11.3. The topological polar surface area (TPSA) is 22.8 Å². The van der Waals surface area contributed by atoms with Gasteiger partial charge in [0.2, 0.25) is 0 Å². The van der Waals surface area contributed by atoms with Gasteiger partial charge in [0, 0.05) is 34.3 Å². The minimum absolute atomic E-state index is 0.861. The second kappa shape index (κ2) is 5.21. The minimum atomic E-state index is 0.861. The minimum Gasteiger partial charge on any atom is -0.341 e. The molecule has 2 aromatic heterocycles. The molecular weight excluding hydrogens is 302 g/mol. The Balaban J connectivity index is 1.97. The number of hydrogen-bond donors (Lipinski definition) is 0. The molecule has 0 unspecified atom stereocenters. The average molecular weight is 318 g/mol. The van der Waals surface area contributed by atoms with E-state index in [0.29, 0.717) is 0 Å². The third-order valence-corrected chi connectivity index (χ3v) is 4.05. The fraction of sp³-hybridized carbons (Fsp3) is 0.267. The van der Waals surface area contributed by atoms with Crippen molar-refractivity contribution >= 4 is 26.8 Å². The Kier molecular flexibility index (Phi) is 3.42. The van der Waals surface area contributed by atoms with Gasteiger partial charge in [-0.05, 0) is 24.6 Å². The van der Waals surface area contributed by atoms with Gasteiger partial charge in [-0.1, -0.05) is 28.9 Å². The average Bonchev–Trinajstić information content (AvgIpc) is 3.00. The van der Waals surface area contributed by atoms with E-state index in [1.54, 1.807) is 0 Å². The van der Waals surface area contributed by atoms with E-state index in [-0.39, 0.29) is 0 Å². The van der Waals surface area contributed by atoms with Crippen LogP contribution < -0.4 is 0 Å². The Morgan fingerprint density at radius 3 is 2.95 bits per heavy atom. The molecule has 0 spiro atoms. The lowest BCUT2D eigenvalue weighted by molar-refractivity contribution is 0.629. The van der Waals surface area contributed by atoms with Gasteiger partial charge in [-0.15, -0.1) is 0 Å². The molecule has 0 aliphatic rings. The quantitative estimate of drug-likeness (QED) is 0.711. The second-order valence-corrected chi connectivity index (χ2v) is 5.55. The molecule has 0 aliphatic heterocycles. The highest BCUT2D eigenvalue weighted by Gasteiger charge is 2.07. The van der Waals surface area contributed by atoms with E-state index in [1.807, 2.05) is 12.5 Å². The van der Waals surface area contributed by atoms with Crippen molar-refractivity contribution in [3.63, 3.8) is 0 Å². The fourth-order valence-corrected chi connectivity index (χ4v) is 2.91.